The van der Waals surface area contributed by atoms with Crippen molar-refractivity contribution in [3.63, 3.8) is 0 Å². The van der Waals surface area contributed by atoms with Gasteiger partial charge in [-0.1, -0.05) is 6.07 Å². The highest BCUT2D eigenvalue weighted by molar-refractivity contribution is 5.18. The van der Waals surface area contributed by atoms with Crippen LogP contribution in [0.3, 0.4) is 0 Å². The Morgan fingerprint density at radius 1 is 1.67 bits per heavy atom. The lowest BCUT2D eigenvalue weighted by Gasteiger charge is -2.27. The minimum atomic E-state index is -0.992. The number of aliphatic hydroxyl groups is 1. The van der Waals surface area contributed by atoms with Crippen LogP contribution in [0.25, 0.3) is 0 Å². The standard InChI is InChI=1S/C9H14N2O/c1-7(10)9(2,12)8-4-3-5-11-6-8/h3-7,12H,10H2,1-2H3. The van der Waals surface area contributed by atoms with Crippen molar-refractivity contribution in [2.24, 2.45) is 5.73 Å². The first-order valence-electron chi connectivity index (χ1n) is 3.93. The fourth-order valence-electron chi connectivity index (χ4n) is 0.925. The number of aromatic nitrogens is 1. The molecule has 0 radical (unpaired) electrons. The minimum absolute atomic E-state index is 0.304. The van der Waals surface area contributed by atoms with Gasteiger partial charge in [0.05, 0.1) is 0 Å². The molecule has 0 aromatic carbocycles. The van der Waals surface area contributed by atoms with E-state index in [4.69, 9.17) is 5.73 Å². The number of nitrogens with two attached hydrogens (primary N) is 1. The number of pyridine rings is 1. The number of nitrogens with zero attached hydrogens (tertiary/aromatic N) is 1. The molecular formula is C9H14N2O. The first-order valence-corrected chi connectivity index (χ1v) is 3.93. The molecule has 0 spiro atoms. The molecule has 12 heavy (non-hydrogen) atoms. The summed E-state index contributed by atoms with van der Waals surface area (Å²) >= 11 is 0. The van der Waals surface area contributed by atoms with Gasteiger partial charge < -0.3 is 10.8 Å². The molecule has 1 heterocycles. The molecule has 3 nitrogen and oxygen atoms in total. The van der Waals surface area contributed by atoms with Gasteiger partial charge >= 0.3 is 0 Å². The van der Waals surface area contributed by atoms with E-state index in [0.29, 0.717) is 0 Å². The fraction of sp³-hybridized carbons (Fsp3) is 0.444. The zero-order valence-electron chi connectivity index (χ0n) is 7.36. The number of hydrogen-bond donors (Lipinski definition) is 2. The second-order valence-electron chi connectivity index (χ2n) is 3.18. The molecule has 2 unspecified atom stereocenters. The Kier molecular flexibility index (Phi) is 2.45. The summed E-state index contributed by atoms with van der Waals surface area (Å²) in [7, 11) is 0. The van der Waals surface area contributed by atoms with Crippen LogP contribution in [-0.4, -0.2) is 16.1 Å². The normalized spacial score (nSPS) is 18.3. The predicted octanol–water partition coefficient (Wildman–Crippen LogP) is 0.636. The molecule has 0 aliphatic heterocycles. The van der Waals surface area contributed by atoms with Crippen molar-refractivity contribution >= 4 is 0 Å². The van der Waals surface area contributed by atoms with Crippen molar-refractivity contribution in [2.45, 2.75) is 25.5 Å². The van der Waals surface area contributed by atoms with Crippen LogP contribution in [0.1, 0.15) is 19.4 Å². The Morgan fingerprint density at radius 3 is 2.75 bits per heavy atom. The van der Waals surface area contributed by atoms with E-state index in [1.54, 1.807) is 32.3 Å². The lowest BCUT2D eigenvalue weighted by Crippen LogP contribution is -2.40. The Balaban J connectivity index is 2.98. The average molecular weight is 166 g/mol. The third-order valence-corrected chi connectivity index (χ3v) is 2.13. The van der Waals surface area contributed by atoms with Gasteiger partial charge in [0.1, 0.15) is 5.60 Å². The van der Waals surface area contributed by atoms with E-state index in [-0.39, 0.29) is 6.04 Å². The molecule has 0 aliphatic carbocycles. The molecule has 0 saturated heterocycles. The maximum absolute atomic E-state index is 9.90. The maximum atomic E-state index is 9.90. The zero-order valence-corrected chi connectivity index (χ0v) is 7.36. The van der Waals surface area contributed by atoms with Crippen LogP contribution < -0.4 is 5.73 Å². The summed E-state index contributed by atoms with van der Waals surface area (Å²) in [5.41, 5.74) is 5.38. The van der Waals surface area contributed by atoms with Gasteiger partial charge in [0.15, 0.2) is 0 Å². The van der Waals surface area contributed by atoms with Crippen molar-refractivity contribution in [2.75, 3.05) is 0 Å². The summed E-state index contributed by atoms with van der Waals surface area (Å²) in [6.07, 6.45) is 3.30. The molecule has 66 valence electrons. The van der Waals surface area contributed by atoms with Gasteiger partial charge in [0.25, 0.3) is 0 Å². The van der Waals surface area contributed by atoms with E-state index >= 15 is 0 Å². The molecule has 3 N–H and O–H groups in total. The second kappa shape index (κ2) is 3.21. The van der Waals surface area contributed by atoms with Crippen LogP contribution >= 0.6 is 0 Å². The lowest BCUT2D eigenvalue weighted by atomic mass is 9.91. The summed E-state index contributed by atoms with van der Waals surface area (Å²) < 4.78 is 0. The molecule has 0 amide bonds. The molecular weight excluding hydrogens is 152 g/mol. The summed E-state index contributed by atoms with van der Waals surface area (Å²) in [6, 6.07) is 3.30. The molecule has 2 atom stereocenters. The van der Waals surface area contributed by atoms with E-state index < -0.39 is 5.60 Å². The summed E-state index contributed by atoms with van der Waals surface area (Å²) in [6.45, 7) is 3.46. The van der Waals surface area contributed by atoms with Crippen LogP contribution in [0.2, 0.25) is 0 Å². The van der Waals surface area contributed by atoms with Gasteiger partial charge in [-0.25, -0.2) is 0 Å². The van der Waals surface area contributed by atoms with Gasteiger partial charge in [0, 0.05) is 24.0 Å². The van der Waals surface area contributed by atoms with Crippen molar-refractivity contribution in [3.8, 4) is 0 Å². The van der Waals surface area contributed by atoms with E-state index in [9.17, 15) is 5.11 Å². The molecule has 1 aromatic heterocycles. The van der Waals surface area contributed by atoms with E-state index in [1.807, 2.05) is 6.07 Å². The summed E-state index contributed by atoms with van der Waals surface area (Å²) in [4.78, 5) is 3.92. The minimum Gasteiger partial charge on any atom is -0.384 e. The molecule has 1 aromatic rings. The highest BCUT2D eigenvalue weighted by atomic mass is 16.3. The molecule has 0 aliphatic rings. The largest absolute Gasteiger partial charge is 0.384 e. The molecule has 0 saturated carbocycles. The van der Waals surface area contributed by atoms with Gasteiger partial charge in [0.2, 0.25) is 0 Å². The first-order chi connectivity index (χ1) is 5.55. The maximum Gasteiger partial charge on any atom is 0.103 e. The lowest BCUT2D eigenvalue weighted by molar-refractivity contribution is 0.0346. The predicted molar refractivity (Wildman–Crippen MR) is 47.5 cm³/mol. The Hall–Kier alpha value is -0.930. The van der Waals surface area contributed by atoms with Crippen LogP contribution in [0.15, 0.2) is 24.5 Å². The van der Waals surface area contributed by atoms with Crippen molar-refractivity contribution in [1.29, 1.82) is 0 Å². The van der Waals surface area contributed by atoms with Gasteiger partial charge in [-0.2, -0.15) is 0 Å². The highest BCUT2D eigenvalue weighted by Gasteiger charge is 2.27. The van der Waals surface area contributed by atoms with Crippen LogP contribution in [-0.2, 0) is 5.60 Å². The van der Waals surface area contributed by atoms with Crippen LogP contribution in [0.4, 0.5) is 0 Å². The number of rotatable bonds is 2. The Bertz CT molecular complexity index is 244. The first kappa shape index (κ1) is 9.16. The van der Waals surface area contributed by atoms with E-state index in [0.717, 1.165) is 5.56 Å². The smallest absolute Gasteiger partial charge is 0.103 e. The average Bonchev–Trinajstić information content (AvgIpc) is 2.06. The second-order valence-corrected chi connectivity index (χ2v) is 3.18. The molecule has 3 heteroatoms. The summed E-state index contributed by atoms with van der Waals surface area (Å²) in [5, 5.41) is 9.90. The Morgan fingerprint density at radius 2 is 2.33 bits per heavy atom. The quantitative estimate of drug-likeness (QED) is 0.677. The van der Waals surface area contributed by atoms with Gasteiger partial charge in [-0.15, -0.1) is 0 Å². The van der Waals surface area contributed by atoms with Crippen LogP contribution in [0.5, 0.6) is 0 Å². The third-order valence-electron chi connectivity index (χ3n) is 2.13. The molecule has 0 fully saturated rings. The van der Waals surface area contributed by atoms with Crippen LogP contribution in [0, 0.1) is 0 Å². The highest BCUT2D eigenvalue weighted by Crippen LogP contribution is 2.21. The van der Waals surface area contributed by atoms with Crippen molar-refractivity contribution < 1.29 is 5.11 Å². The van der Waals surface area contributed by atoms with Gasteiger partial charge in [-0.05, 0) is 19.9 Å². The summed E-state index contributed by atoms with van der Waals surface area (Å²) in [5.74, 6) is 0. The zero-order chi connectivity index (χ0) is 9.19. The topological polar surface area (TPSA) is 59.1 Å². The van der Waals surface area contributed by atoms with Crippen molar-refractivity contribution in [1.82, 2.24) is 4.98 Å². The van der Waals surface area contributed by atoms with E-state index in [1.165, 1.54) is 0 Å². The molecule has 0 bridgehead atoms. The van der Waals surface area contributed by atoms with Crippen molar-refractivity contribution in [3.05, 3.63) is 30.1 Å². The monoisotopic (exact) mass is 166 g/mol. The fourth-order valence-corrected chi connectivity index (χ4v) is 0.925. The van der Waals surface area contributed by atoms with E-state index in [2.05, 4.69) is 4.98 Å². The molecule has 1 rings (SSSR count). The number of hydrogen-bond acceptors (Lipinski definition) is 3. The van der Waals surface area contributed by atoms with Gasteiger partial charge in [-0.3, -0.25) is 4.98 Å². The SMILES string of the molecule is CC(N)C(C)(O)c1cccnc1. The Labute approximate surface area is 72.2 Å². The third kappa shape index (κ3) is 1.62.